The van der Waals surface area contributed by atoms with E-state index >= 15 is 0 Å². The lowest BCUT2D eigenvalue weighted by atomic mass is 9.47. The molecule has 61 heavy (non-hydrogen) atoms. The lowest BCUT2D eigenvalue weighted by Crippen LogP contribution is -2.66. The third-order valence-corrected chi connectivity index (χ3v) is 16.8. The molecule has 5 aliphatic heterocycles. The maximum Gasteiger partial charge on any atom is 0.335 e. The summed E-state index contributed by atoms with van der Waals surface area (Å²) in [7, 11) is 0. The Labute approximate surface area is 356 Å². The van der Waals surface area contributed by atoms with Crippen LogP contribution in [0.15, 0.2) is 11.6 Å². The van der Waals surface area contributed by atoms with Gasteiger partial charge in [-0.15, -0.1) is 0 Å². The summed E-state index contributed by atoms with van der Waals surface area (Å²) in [5, 5.41) is 87.5. The number of ether oxygens (including phenoxy) is 8. The molecular formula is C44H68O17. The number of carbonyl (C=O) groups is 1. The van der Waals surface area contributed by atoms with Crippen LogP contribution in [0.1, 0.15) is 86.0 Å². The molecule has 0 radical (unpaired) electrons. The van der Waals surface area contributed by atoms with Crippen molar-refractivity contribution in [3.05, 3.63) is 11.6 Å². The van der Waals surface area contributed by atoms with E-state index in [1.54, 1.807) is 0 Å². The summed E-state index contributed by atoms with van der Waals surface area (Å²) in [5.41, 5.74) is 1.23. The van der Waals surface area contributed by atoms with Crippen molar-refractivity contribution in [1.82, 2.24) is 0 Å². The second kappa shape index (κ2) is 16.8. The van der Waals surface area contributed by atoms with Crippen molar-refractivity contribution < 1.29 is 83.5 Å². The maximum absolute atomic E-state index is 12.3. The van der Waals surface area contributed by atoms with Gasteiger partial charge < -0.3 is 78.7 Å². The molecule has 17 heteroatoms. The van der Waals surface area contributed by atoms with Gasteiger partial charge in [0.1, 0.15) is 61.0 Å². The van der Waals surface area contributed by atoms with Crippen LogP contribution in [0.25, 0.3) is 0 Å². The zero-order valence-electron chi connectivity index (χ0n) is 35.8. The normalized spacial score (nSPS) is 55.3. The highest BCUT2D eigenvalue weighted by Crippen LogP contribution is 2.68. The SMILES string of the molecule is CC(C)C[C@@H]1O[C@H]1C(C)[C@H]1CCC2C3=C[C@H]4OC[C@@H]5O[C@@H](O[C@H]6[C@@H](OC[C@H](O)[C@@H]6O)O[C@H]6[C@H](O[C@H]7CC[C@](C)(C3CC[C@@]21C)C4C7)O[C@H](C(=O)O)[C@@H](O)[C@@H]6O)[C@H](O)[C@@H](O)[C@H]5O. The van der Waals surface area contributed by atoms with Gasteiger partial charge in [0.25, 0.3) is 0 Å². The lowest BCUT2D eigenvalue weighted by molar-refractivity contribution is -0.386. The molecule has 0 spiro atoms. The molecule has 5 heterocycles. The number of fused-ring (bicyclic) bond motifs is 9. The molecule has 8 N–H and O–H groups in total. The van der Waals surface area contributed by atoms with E-state index in [1.165, 1.54) is 5.57 Å². The van der Waals surface area contributed by atoms with Crippen LogP contribution in [0.3, 0.4) is 0 Å². The molecule has 8 fully saturated rings. The Morgan fingerprint density at radius 3 is 2.15 bits per heavy atom. The number of rotatable bonds is 5. The van der Waals surface area contributed by atoms with Gasteiger partial charge in [-0.3, -0.25) is 0 Å². The van der Waals surface area contributed by atoms with Gasteiger partial charge >= 0.3 is 5.97 Å². The molecule has 17 nitrogen and oxygen atoms in total. The van der Waals surface area contributed by atoms with Gasteiger partial charge in [-0.1, -0.05) is 46.3 Å². The molecular weight excluding hydrogens is 800 g/mol. The van der Waals surface area contributed by atoms with Crippen LogP contribution in [0.2, 0.25) is 0 Å². The van der Waals surface area contributed by atoms with Crippen molar-refractivity contribution in [2.24, 2.45) is 46.3 Å². The molecule has 4 unspecified atom stereocenters. The zero-order valence-corrected chi connectivity index (χ0v) is 35.8. The first-order chi connectivity index (χ1) is 28.9. The number of aliphatic hydroxyl groups is 7. The molecule has 0 aromatic rings. The minimum Gasteiger partial charge on any atom is -0.479 e. The van der Waals surface area contributed by atoms with Crippen molar-refractivity contribution in [3.8, 4) is 0 Å². The number of aliphatic hydroxyl groups excluding tert-OH is 7. The molecule has 346 valence electrons. The topological polar surface area (TPSA) is 256 Å². The molecule has 25 atom stereocenters. The monoisotopic (exact) mass is 868 g/mol. The fraction of sp³-hybridized carbons (Fsp3) is 0.932. The number of allylic oxidation sites excluding steroid dienone is 1. The van der Waals surface area contributed by atoms with E-state index in [-0.39, 0.29) is 35.4 Å². The first-order valence-corrected chi connectivity index (χ1v) is 22.8. The fourth-order valence-corrected chi connectivity index (χ4v) is 13.4. The molecule has 4 bridgehead atoms. The third kappa shape index (κ3) is 7.76. The Balaban J connectivity index is 1.06. The summed E-state index contributed by atoms with van der Waals surface area (Å²) in [6.45, 7) is 11.0. The number of epoxide rings is 1. The molecule has 9 rings (SSSR count). The fourth-order valence-electron chi connectivity index (χ4n) is 13.4. The van der Waals surface area contributed by atoms with E-state index in [0.717, 1.165) is 38.5 Å². The Bertz CT molecular complexity index is 1630. The second-order valence-electron chi connectivity index (χ2n) is 20.8. The van der Waals surface area contributed by atoms with Crippen molar-refractivity contribution in [2.45, 2.75) is 196 Å². The summed E-state index contributed by atoms with van der Waals surface area (Å²) in [4.78, 5) is 12.3. The Morgan fingerprint density at radius 2 is 1.41 bits per heavy atom. The Morgan fingerprint density at radius 1 is 0.705 bits per heavy atom. The van der Waals surface area contributed by atoms with Crippen LogP contribution in [-0.4, -0.2) is 170 Å². The number of hydrogen-bond acceptors (Lipinski definition) is 16. The third-order valence-electron chi connectivity index (χ3n) is 16.8. The van der Waals surface area contributed by atoms with Crippen LogP contribution >= 0.6 is 0 Å². The maximum atomic E-state index is 12.3. The summed E-state index contributed by atoms with van der Waals surface area (Å²) < 4.78 is 49.6. The second-order valence-corrected chi connectivity index (χ2v) is 20.8. The molecule has 5 saturated heterocycles. The minimum absolute atomic E-state index is 0.0731. The highest BCUT2D eigenvalue weighted by molar-refractivity contribution is 5.73. The zero-order chi connectivity index (χ0) is 43.4. The van der Waals surface area contributed by atoms with Gasteiger partial charge in [0.05, 0.1) is 37.6 Å². The molecule has 0 aromatic carbocycles. The molecule has 0 amide bonds. The van der Waals surface area contributed by atoms with Crippen molar-refractivity contribution >= 4 is 5.97 Å². The molecule has 0 aromatic heterocycles. The van der Waals surface area contributed by atoms with Gasteiger partial charge in [0, 0.05) is 0 Å². The smallest absolute Gasteiger partial charge is 0.335 e. The van der Waals surface area contributed by atoms with Crippen LogP contribution < -0.4 is 0 Å². The van der Waals surface area contributed by atoms with Crippen LogP contribution in [0.4, 0.5) is 0 Å². The van der Waals surface area contributed by atoms with Gasteiger partial charge in [0.2, 0.25) is 0 Å². The predicted octanol–water partition coefficient (Wildman–Crippen LogP) is 0.596. The van der Waals surface area contributed by atoms with Gasteiger partial charge in [-0.25, -0.2) is 4.79 Å². The average molecular weight is 869 g/mol. The summed E-state index contributed by atoms with van der Waals surface area (Å²) in [6.07, 6.45) is -14.3. The Hall–Kier alpha value is -1.39. The highest BCUT2D eigenvalue weighted by Gasteiger charge is 2.63. The first kappa shape index (κ1) is 44.8. The van der Waals surface area contributed by atoms with Gasteiger partial charge in [-0.05, 0) is 97.7 Å². The van der Waals surface area contributed by atoms with E-state index in [9.17, 15) is 45.6 Å². The highest BCUT2D eigenvalue weighted by atomic mass is 16.8. The molecule has 4 aliphatic carbocycles. The molecule has 3 saturated carbocycles. The van der Waals surface area contributed by atoms with E-state index in [2.05, 4.69) is 40.7 Å². The number of carboxylic acids is 1. The minimum atomic E-state index is -1.95. The van der Waals surface area contributed by atoms with Gasteiger partial charge in [0.15, 0.2) is 25.0 Å². The lowest BCUT2D eigenvalue weighted by Gasteiger charge is -2.59. The first-order valence-electron chi connectivity index (χ1n) is 22.8. The summed E-state index contributed by atoms with van der Waals surface area (Å²) >= 11 is 0. The summed E-state index contributed by atoms with van der Waals surface area (Å²) in [6, 6.07) is 0. The standard InChI is InChI=1S/C44H68O17/c1-17(2)12-27-35(57-27)18(3)21-6-7-22-20-14-26-24-13-19(8-10-44(24,5)23(20)9-11-43(21,22)4)56-42-38(33(50)32(49)36(59-42)39(52)53)61-41-37(29(46)25(45)15-55-41)60-40-34(51)31(48)30(47)28(58-40)16-54-26/h14,17-19,21-38,40-42,45-51H,6-13,15-16H2,1-5H3,(H,52,53)/t18?,19-,21+,22?,23?,24?,25-,26+,27-,28-,29-,30-,31-,32-,33-,34+,35-,36-,37+,38+,40-,41-,42+,43+,44+/m0/s1. The quantitative estimate of drug-likeness (QED) is 0.139. The van der Waals surface area contributed by atoms with Crippen LogP contribution in [-0.2, 0) is 42.7 Å². The van der Waals surface area contributed by atoms with E-state index in [4.69, 9.17) is 37.9 Å². The van der Waals surface area contributed by atoms with E-state index in [1.807, 2.05) is 0 Å². The van der Waals surface area contributed by atoms with Crippen LogP contribution in [0, 0.1) is 46.3 Å². The average Bonchev–Trinajstić information content (AvgIpc) is 3.88. The Kier molecular flexibility index (Phi) is 12.3. The van der Waals surface area contributed by atoms with Crippen LogP contribution in [0.5, 0.6) is 0 Å². The van der Waals surface area contributed by atoms with Gasteiger partial charge in [-0.2, -0.15) is 0 Å². The molecule has 9 aliphatic rings. The number of hydrogen-bond donors (Lipinski definition) is 8. The predicted molar refractivity (Wildman–Crippen MR) is 209 cm³/mol. The number of carboxylic acid groups (broad SMARTS) is 1. The van der Waals surface area contributed by atoms with Crippen molar-refractivity contribution in [2.75, 3.05) is 13.2 Å². The van der Waals surface area contributed by atoms with E-state index in [0.29, 0.717) is 42.6 Å². The largest absolute Gasteiger partial charge is 0.479 e. The van der Waals surface area contributed by atoms with Crippen molar-refractivity contribution in [3.63, 3.8) is 0 Å². The number of aliphatic carboxylic acids is 1. The van der Waals surface area contributed by atoms with E-state index < -0.39 is 111 Å². The van der Waals surface area contributed by atoms with Crippen molar-refractivity contribution in [1.29, 1.82) is 0 Å². The summed E-state index contributed by atoms with van der Waals surface area (Å²) in [5.74, 6) is 0.480.